The zero-order chi connectivity index (χ0) is 12.6. The Bertz CT molecular complexity index is 538. The minimum atomic E-state index is -0.0544. The molecular weight excluding hydrogens is 230 g/mol. The van der Waals surface area contributed by atoms with E-state index >= 15 is 0 Å². The molecule has 0 radical (unpaired) electrons. The lowest BCUT2D eigenvalue weighted by Crippen LogP contribution is -2.41. The van der Waals surface area contributed by atoms with Crippen molar-refractivity contribution in [3.05, 3.63) is 24.0 Å². The first-order valence-corrected chi connectivity index (χ1v) is 6.28. The van der Waals surface area contributed by atoms with Gasteiger partial charge in [-0.15, -0.1) is 0 Å². The highest BCUT2D eigenvalue weighted by Crippen LogP contribution is 2.31. The Morgan fingerprint density at radius 3 is 3.00 bits per heavy atom. The molecule has 1 unspecified atom stereocenters. The summed E-state index contributed by atoms with van der Waals surface area (Å²) in [6, 6.07) is 1.87. The van der Waals surface area contributed by atoms with Gasteiger partial charge < -0.3 is 14.3 Å². The molecule has 2 aromatic heterocycles. The number of nitrogens with zero attached hydrogens (tertiary/aromatic N) is 2. The third-order valence-electron chi connectivity index (χ3n) is 3.64. The van der Waals surface area contributed by atoms with Crippen LogP contribution in [0.4, 0.5) is 0 Å². The van der Waals surface area contributed by atoms with E-state index in [2.05, 4.69) is 22.4 Å². The molecule has 0 spiro atoms. The number of piperidine rings is 1. The van der Waals surface area contributed by atoms with Crippen molar-refractivity contribution in [3.8, 4) is 11.4 Å². The highest BCUT2D eigenvalue weighted by Gasteiger charge is 2.34. The van der Waals surface area contributed by atoms with Gasteiger partial charge in [-0.1, -0.05) is 5.16 Å². The Kier molecular flexibility index (Phi) is 2.70. The first-order valence-electron chi connectivity index (χ1n) is 6.28. The molecule has 1 fully saturated rings. The Balaban J connectivity index is 1.92. The van der Waals surface area contributed by atoms with Gasteiger partial charge in [0.25, 0.3) is 0 Å². The standard InChI is InChI=1S/C13H17N3O2/c1-9-10(4-7-17-9)11-15-12(18-16-11)13(2)5-3-6-14-8-13/h4,7,14H,3,5-6,8H2,1-2H3. The fourth-order valence-electron chi connectivity index (χ4n) is 2.43. The summed E-state index contributed by atoms with van der Waals surface area (Å²) in [5.74, 6) is 2.14. The van der Waals surface area contributed by atoms with Gasteiger partial charge in [0.15, 0.2) is 0 Å². The first kappa shape index (κ1) is 11.5. The number of hydrogen-bond donors (Lipinski definition) is 1. The van der Waals surface area contributed by atoms with E-state index in [1.165, 1.54) is 0 Å². The van der Waals surface area contributed by atoms with E-state index in [-0.39, 0.29) is 5.41 Å². The van der Waals surface area contributed by atoms with Crippen molar-refractivity contribution in [1.82, 2.24) is 15.5 Å². The minimum Gasteiger partial charge on any atom is -0.469 e. The number of aryl methyl sites for hydroxylation is 1. The second-order valence-corrected chi connectivity index (χ2v) is 5.15. The molecule has 0 saturated carbocycles. The van der Waals surface area contributed by atoms with E-state index in [1.807, 2.05) is 13.0 Å². The molecule has 3 heterocycles. The van der Waals surface area contributed by atoms with Crippen LogP contribution >= 0.6 is 0 Å². The first-order chi connectivity index (χ1) is 8.69. The van der Waals surface area contributed by atoms with E-state index in [9.17, 15) is 0 Å². The Hall–Kier alpha value is -1.62. The number of nitrogens with one attached hydrogen (secondary N) is 1. The van der Waals surface area contributed by atoms with E-state index in [0.29, 0.717) is 11.7 Å². The SMILES string of the molecule is Cc1occc1-c1noc(C2(C)CCCNC2)n1. The van der Waals surface area contributed by atoms with Crippen LogP contribution in [0.25, 0.3) is 11.4 Å². The van der Waals surface area contributed by atoms with Gasteiger partial charge in [0.2, 0.25) is 11.7 Å². The molecule has 3 rings (SSSR count). The van der Waals surface area contributed by atoms with E-state index in [0.717, 1.165) is 37.3 Å². The fraction of sp³-hybridized carbons (Fsp3) is 0.538. The lowest BCUT2D eigenvalue weighted by atomic mass is 9.83. The van der Waals surface area contributed by atoms with Crippen LogP contribution in [0.15, 0.2) is 21.3 Å². The van der Waals surface area contributed by atoms with Crippen molar-refractivity contribution in [2.45, 2.75) is 32.1 Å². The summed E-state index contributed by atoms with van der Waals surface area (Å²) in [6.07, 6.45) is 3.86. The molecule has 5 heteroatoms. The molecule has 0 aromatic carbocycles. The quantitative estimate of drug-likeness (QED) is 0.882. The molecule has 18 heavy (non-hydrogen) atoms. The Labute approximate surface area is 106 Å². The van der Waals surface area contributed by atoms with E-state index in [4.69, 9.17) is 8.94 Å². The molecule has 0 aliphatic carbocycles. The molecule has 1 N–H and O–H groups in total. The van der Waals surface area contributed by atoms with Crippen LogP contribution < -0.4 is 5.32 Å². The molecule has 96 valence electrons. The monoisotopic (exact) mass is 247 g/mol. The number of hydrogen-bond acceptors (Lipinski definition) is 5. The smallest absolute Gasteiger partial charge is 0.234 e. The highest BCUT2D eigenvalue weighted by atomic mass is 16.5. The van der Waals surface area contributed by atoms with Crippen LogP contribution in [-0.4, -0.2) is 23.2 Å². The van der Waals surface area contributed by atoms with Crippen molar-refractivity contribution in [2.75, 3.05) is 13.1 Å². The van der Waals surface area contributed by atoms with Crippen molar-refractivity contribution >= 4 is 0 Å². The Morgan fingerprint density at radius 1 is 1.44 bits per heavy atom. The molecule has 1 aliphatic rings. The van der Waals surface area contributed by atoms with Crippen LogP contribution in [0.2, 0.25) is 0 Å². The lowest BCUT2D eigenvalue weighted by Gasteiger charge is -2.30. The largest absolute Gasteiger partial charge is 0.469 e. The van der Waals surface area contributed by atoms with Gasteiger partial charge >= 0.3 is 0 Å². The summed E-state index contributed by atoms with van der Waals surface area (Å²) < 4.78 is 10.7. The topological polar surface area (TPSA) is 64.1 Å². The maximum atomic E-state index is 5.44. The normalized spacial score (nSPS) is 24.3. The fourth-order valence-corrected chi connectivity index (χ4v) is 2.43. The van der Waals surface area contributed by atoms with Crippen molar-refractivity contribution in [1.29, 1.82) is 0 Å². The summed E-state index contributed by atoms with van der Waals surface area (Å²) in [5, 5.41) is 7.45. The predicted molar refractivity (Wildman–Crippen MR) is 66.2 cm³/mol. The van der Waals surface area contributed by atoms with Crippen LogP contribution in [0.3, 0.4) is 0 Å². The molecule has 2 aromatic rings. The van der Waals surface area contributed by atoms with Gasteiger partial charge in [-0.3, -0.25) is 0 Å². The van der Waals surface area contributed by atoms with E-state index < -0.39 is 0 Å². The van der Waals surface area contributed by atoms with Crippen molar-refractivity contribution in [2.24, 2.45) is 0 Å². The summed E-state index contributed by atoms with van der Waals surface area (Å²) >= 11 is 0. The molecule has 0 bridgehead atoms. The number of furan rings is 1. The van der Waals surface area contributed by atoms with Crippen LogP contribution in [-0.2, 0) is 5.41 Å². The molecule has 0 amide bonds. The Morgan fingerprint density at radius 2 is 2.33 bits per heavy atom. The van der Waals surface area contributed by atoms with Crippen LogP contribution in [0.5, 0.6) is 0 Å². The lowest BCUT2D eigenvalue weighted by molar-refractivity contribution is 0.245. The second kappa shape index (κ2) is 4.24. The van der Waals surface area contributed by atoms with Gasteiger partial charge in [-0.05, 0) is 39.3 Å². The minimum absolute atomic E-state index is 0.0544. The zero-order valence-electron chi connectivity index (χ0n) is 10.7. The maximum Gasteiger partial charge on any atom is 0.234 e. The maximum absolute atomic E-state index is 5.44. The van der Waals surface area contributed by atoms with Gasteiger partial charge in [0.05, 0.1) is 17.2 Å². The molecule has 1 saturated heterocycles. The third-order valence-corrected chi connectivity index (χ3v) is 3.64. The molecule has 5 nitrogen and oxygen atoms in total. The summed E-state index contributed by atoms with van der Waals surface area (Å²) in [4.78, 5) is 4.53. The van der Waals surface area contributed by atoms with Gasteiger partial charge in [-0.2, -0.15) is 4.98 Å². The van der Waals surface area contributed by atoms with Gasteiger partial charge in [-0.25, -0.2) is 0 Å². The van der Waals surface area contributed by atoms with Crippen LogP contribution in [0, 0.1) is 6.92 Å². The highest BCUT2D eigenvalue weighted by molar-refractivity contribution is 5.56. The zero-order valence-corrected chi connectivity index (χ0v) is 10.7. The predicted octanol–water partition coefficient (Wildman–Crippen LogP) is 2.28. The van der Waals surface area contributed by atoms with Crippen LogP contribution in [0.1, 0.15) is 31.4 Å². The van der Waals surface area contributed by atoms with Crippen molar-refractivity contribution < 1.29 is 8.94 Å². The average molecular weight is 247 g/mol. The number of rotatable bonds is 2. The summed E-state index contributed by atoms with van der Waals surface area (Å²) in [5.41, 5.74) is 0.846. The summed E-state index contributed by atoms with van der Waals surface area (Å²) in [7, 11) is 0. The summed E-state index contributed by atoms with van der Waals surface area (Å²) in [6.45, 7) is 6.02. The van der Waals surface area contributed by atoms with Crippen molar-refractivity contribution in [3.63, 3.8) is 0 Å². The third kappa shape index (κ3) is 1.84. The molecule has 1 aliphatic heterocycles. The molecule has 1 atom stereocenters. The number of aromatic nitrogens is 2. The van der Waals surface area contributed by atoms with Gasteiger partial charge in [0, 0.05) is 6.54 Å². The second-order valence-electron chi connectivity index (χ2n) is 5.15. The van der Waals surface area contributed by atoms with E-state index in [1.54, 1.807) is 6.26 Å². The van der Waals surface area contributed by atoms with Gasteiger partial charge in [0.1, 0.15) is 5.76 Å². The average Bonchev–Trinajstić information content (AvgIpc) is 2.98. The molecular formula is C13H17N3O2.